The van der Waals surface area contributed by atoms with Crippen molar-refractivity contribution in [2.75, 3.05) is 13.2 Å². The average Bonchev–Trinajstić information content (AvgIpc) is 3.02. The normalized spacial score (nSPS) is 17.6. The molecule has 0 spiro atoms. The van der Waals surface area contributed by atoms with Gasteiger partial charge in [0.1, 0.15) is 0 Å². The number of aliphatic hydroxyl groups is 2. The van der Waals surface area contributed by atoms with Gasteiger partial charge >= 0.3 is 0 Å². The predicted molar refractivity (Wildman–Crippen MR) is 59.8 cm³/mol. The minimum absolute atomic E-state index is 0.106. The van der Waals surface area contributed by atoms with Crippen molar-refractivity contribution in [2.45, 2.75) is 32.0 Å². The average molecular weight is 225 g/mol. The van der Waals surface area contributed by atoms with Crippen LogP contribution in [0.1, 0.15) is 18.4 Å². The first-order chi connectivity index (χ1) is 7.79. The maximum atomic E-state index is 9.64. The number of hydrogen-bond donors (Lipinski definition) is 3. The Hall–Kier alpha value is -0.910. The Balaban J connectivity index is 1.67. The third kappa shape index (κ3) is 3.30. The number of aromatic nitrogens is 2. The van der Waals surface area contributed by atoms with Gasteiger partial charge in [-0.3, -0.25) is 4.68 Å². The third-order valence-corrected chi connectivity index (χ3v) is 2.86. The van der Waals surface area contributed by atoms with Gasteiger partial charge in [0.15, 0.2) is 0 Å². The van der Waals surface area contributed by atoms with Crippen molar-refractivity contribution in [2.24, 2.45) is 5.92 Å². The molecule has 1 aromatic heterocycles. The molecule has 1 saturated carbocycles. The monoisotopic (exact) mass is 225 g/mol. The second-order valence-electron chi connectivity index (χ2n) is 4.37. The van der Waals surface area contributed by atoms with E-state index in [0.29, 0.717) is 19.0 Å². The highest BCUT2D eigenvalue weighted by Gasteiger charge is 2.28. The SMILES string of the molecule is OCCn1cc(CNCC(O)C2CC2)cn1. The van der Waals surface area contributed by atoms with E-state index in [1.165, 1.54) is 0 Å². The van der Waals surface area contributed by atoms with Crippen LogP contribution in [0.2, 0.25) is 0 Å². The lowest BCUT2D eigenvalue weighted by Crippen LogP contribution is -2.27. The first kappa shape index (κ1) is 11.6. The fourth-order valence-corrected chi connectivity index (χ4v) is 1.73. The first-order valence-electron chi connectivity index (χ1n) is 5.80. The van der Waals surface area contributed by atoms with E-state index >= 15 is 0 Å². The van der Waals surface area contributed by atoms with Crippen LogP contribution >= 0.6 is 0 Å². The molecule has 5 nitrogen and oxygen atoms in total. The van der Waals surface area contributed by atoms with Crippen LogP contribution in [0, 0.1) is 5.92 Å². The number of nitrogens with zero attached hydrogens (tertiary/aromatic N) is 2. The molecule has 5 heteroatoms. The molecule has 0 bridgehead atoms. The van der Waals surface area contributed by atoms with E-state index in [4.69, 9.17) is 5.11 Å². The molecule has 1 heterocycles. The molecule has 0 saturated heterocycles. The van der Waals surface area contributed by atoms with Gasteiger partial charge < -0.3 is 15.5 Å². The number of aliphatic hydroxyl groups excluding tert-OH is 2. The quantitative estimate of drug-likeness (QED) is 0.598. The largest absolute Gasteiger partial charge is 0.394 e. The molecule has 2 rings (SSSR count). The summed E-state index contributed by atoms with van der Waals surface area (Å²) < 4.78 is 1.72. The molecule has 0 aromatic carbocycles. The van der Waals surface area contributed by atoms with Gasteiger partial charge in [-0.1, -0.05) is 0 Å². The van der Waals surface area contributed by atoms with E-state index in [1.807, 2.05) is 6.20 Å². The van der Waals surface area contributed by atoms with E-state index in [2.05, 4.69) is 10.4 Å². The molecule has 3 N–H and O–H groups in total. The van der Waals surface area contributed by atoms with Gasteiger partial charge in [0.2, 0.25) is 0 Å². The van der Waals surface area contributed by atoms with Crippen LogP contribution in [0.5, 0.6) is 0 Å². The van der Waals surface area contributed by atoms with Gasteiger partial charge in [0.25, 0.3) is 0 Å². The van der Waals surface area contributed by atoms with E-state index < -0.39 is 0 Å². The zero-order valence-corrected chi connectivity index (χ0v) is 9.34. The lowest BCUT2D eigenvalue weighted by atomic mass is 10.2. The molecule has 1 atom stereocenters. The van der Waals surface area contributed by atoms with Crippen molar-refractivity contribution in [3.05, 3.63) is 18.0 Å². The van der Waals surface area contributed by atoms with Crippen molar-refractivity contribution in [1.29, 1.82) is 0 Å². The van der Waals surface area contributed by atoms with Crippen LogP contribution in [-0.4, -0.2) is 39.2 Å². The molecule has 1 unspecified atom stereocenters. The molecule has 16 heavy (non-hydrogen) atoms. The molecular weight excluding hydrogens is 206 g/mol. The molecule has 1 aliphatic rings. The van der Waals surface area contributed by atoms with Crippen molar-refractivity contribution in [3.63, 3.8) is 0 Å². The topological polar surface area (TPSA) is 70.3 Å². The van der Waals surface area contributed by atoms with Crippen molar-refractivity contribution < 1.29 is 10.2 Å². The van der Waals surface area contributed by atoms with Crippen LogP contribution in [0.4, 0.5) is 0 Å². The lowest BCUT2D eigenvalue weighted by molar-refractivity contribution is 0.148. The van der Waals surface area contributed by atoms with Crippen LogP contribution in [0.25, 0.3) is 0 Å². The van der Waals surface area contributed by atoms with Crippen molar-refractivity contribution in [1.82, 2.24) is 15.1 Å². The first-order valence-corrected chi connectivity index (χ1v) is 5.80. The minimum Gasteiger partial charge on any atom is -0.394 e. The summed E-state index contributed by atoms with van der Waals surface area (Å²) in [4.78, 5) is 0. The second kappa shape index (κ2) is 5.43. The molecular formula is C11H19N3O2. The fraction of sp³-hybridized carbons (Fsp3) is 0.727. The van der Waals surface area contributed by atoms with Gasteiger partial charge in [-0.05, 0) is 18.8 Å². The third-order valence-electron chi connectivity index (χ3n) is 2.86. The summed E-state index contributed by atoms with van der Waals surface area (Å²) in [5, 5.41) is 25.7. The Labute approximate surface area is 95.1 Å². The van der Waals surface area contributed by atoms with Gasteiger partial charge in [-0.15, -0.1) is 0 Å². The van der Waals surface area contributed by atoms with Gasteiger partial charge in [-0.25, -0.2) is 0 Å². The van der Waals surface area contributed by atoms with Crippen molar-refractivity contribution in [3.8, 4) is 0 Å². The minimum atomic E-state index is -0.201. The van der Waals surface area contributed by atoms with E-state index in [1.54, 1.807) is 10.9 Å². The van der Waals surface area contributed by atoms with Gasteiger partial charge in [0.05, 0.1) is 25.5 Å². The summed E-state index contributed by atoms with van der Waals surface area (Å²) in [6.07, 6.45) is 5.82. The van der Waals surface area contributed by atoms with E-state index in [-0.39, 0.29) is 12.7 Å². The molecule has 90 valence electrons. The maximum Gasteiger partial charge on any atom is 0.0692 e. The maximum absolute atomic E-state index is 9.64. The Kier molecular flexibility index (Phi) is 3.93. The highest BCUT2D eigenvalue weighted by atomic mass is 16.3. The van der Waals surface area contributed by atoms with Crippen molar-refractivity contribution >= 4 is 0 Å². The van der Waals surface area contributed by atoms with Gasteiger partial charge in [0, 0.05) is 24.8 Å². The van der Waals surface area contributed by atoms with E-state index in [0.717, 1.165) is 24.9 Å². The van der Waals surface area contributed by atoms with Crippen LogP contribution in [0.3, 0.4) is 0 Å². The number of nitrogens with one attached hydrogen (secondary N) is 1. The molecule has 1 aliphatic carbocycles. The highest BCUT2D eigenvalue weighted by Crippen LogP contribution is 2.32. The zero-order valence-electron chi connectivity index (χ0n) is 9.34. The summed E-state index contributed by atoms with van der Waals surface area (Å²) in [6, 6.07) is 0. The number of rotatable bonds is 7. The Morgan fingerprint density at radius 1 is 1.56 bits per heavy atom. The molecule has 1 aromatic rings. The smallest absolute Gasteiger partial charge is 0.0692 e. The molecule has 1 fully saturated rings. The Morgan fingerprint density at radius 3 is 3.06 bits per heavy atom. The second-order valence-corrected chi connectivity index (χ2v) is 4.37. The molecule has 0 radical (unpaired) electrons. The standard InChI is InChI=1S/C11H19N3O2/c15-4-3-14-8-9(6-13-14)5-12-7-11(16)10-1-2-10/h6,8,10-12,15-16H,1-5,7H2. The molecule has 0 amide bonds. The summed E-state index contributed by atoms with van der Waals surface area (Å²) in [6.45, 7) is 2.00. The summed E-state index contributed by atoms with van der Waals surface area (Å²) in [5.41, 5.74) is 1.08. The predicted octanol–water partition coefficient (Wildman–Crippen LogP) is -0.264. The van der Waals surface area contributed by atoms with Crippen LogP contribution in [0.15, 0.2) is 12.4 Å². The molecule has 0 aliphatic heterocycles. The van der Waals surface area contributed by atoms with Crippen LogP contribution < -0.4 is 5.32 Å². The summed E-state index contributed by atoms with van der Waals surface area (Å²) >= 11 is 0. The van der Waals surface area contributed by atoms with E-state index in [9.17, 15) is 5.11 Å². The van der Waals surface area contributed by atoms with Crippen LogP contribution in [-0.2, 0) is 13.1 Å². The fourth-order valence-electron chi connectivity index (χ4n) is 1.73. The lowest BCUT2D eigenvalue weighted by Gasteiger charge is -2.09. The Morgan fingerprint density at radius 2 is 2.38 bits per heavy atom. The summed E-state index contributed by atoms with van der Waals surface area (Å²) in [5.74, 6) is 0.518. The zero-order chi connectivity index (χ0) is 11.4. The number of hydrogen-bond acceptors (Lipinski definition) is 4. The summed E-state index contributed by atoms with van der Waals surface area (Å²) in [7, 11) is 0. The Bertz CT molecular complexity index is 323. The highest BCUT2D eigenvalue weighted by molar-refractivity contribution is 5.03. The van der Waals surface area contributed by atoms with Gasteiger partial charge in [-0.2, -0.15) is 5.10 Å².